The van der Waals surface area contributed by atoms with Gasteiger partial charge in [0, 0.05) is 17.4 Å². The number of nitrogens with zero attached hydrogens (tertiary/aromatic N) is 1. The predicted molar refractivity (Wildman–Crippen MR) is 88.9 cm³/mol. The number of hydrogen-bond acceptors (Lipinski definition) is 3. The first-order valence-electron chi connectivity index (χ1n) is 7.64. The summed E-state index contributed by atoms with van der Waals surface area (Å²) in [5, 5.41) is 3.05. The molecule has 2 N–H and O–H groups in total. The van der Waals surface area contributed by atoms with Crippen LogP contribution in [0.4, 0.5) is 5.69 Å². The van der Waals surface area contributed by atoms with E-state index >= 15 is 0 Å². The molecule has 120 valence electrons. The highest BCUT2D eigenvalue weighted by Crippen LogP contribution is 2.15. The lowest BCUT2D eigenvalue weighted by Crippen LogP contribution is -3.12. The standard InChI is InChI=1S/C17H18ClN3O2/c18-16-15(2-1-7-19-16)17(22)20-14-5-3-13(4-6-14)12-21-8-10-23-11-9-21/h1-7H,8-12H2,(H,20,22)/p+1. The van der Waals surface area contributed by atoms with E-state index in [0.717, 1.165) is 38.5 Å². The number of carbonyl (C=O) groups is 1. The van der Waals surface area contributed by atoms with Gasteiger partial charge < -0.3 is 15.0 Å². The summed E-state index contributed by atoms with van der Waals surface area (Å²) in [6.07, 6.45) is 1.56. The molecular weight excluding hydrogens is 314 g/mol. The number of amides is 1. The molecule has 1 aliphatic heterocycles. The lowest BCUT2D eigenvalue weighted by molar-refractivity contribution is -0.921. The SMILES string of the molecule is O=C(Nc1ccc(C[NH+]2CCOCC2)cc1)c1cccnc1Cl. The molecule has 0 unspecified atom stereocenters. The van der Waals surface area contributed by atoms with Crippen molar-refractivity contribution in [1.82, 2.24) is 4.98 Å². The Balaban J connectivity index is 1.61. The molecule has 0 radical (unpaired) electrons. The second-order valence-electron chi connectivity index (χ2n) is 5.53. The van der Waals surface area contributed by atoms with Crippen molar-refractivity contribution in [3.8, 4) is 0 Å². The molecule has 0 atom stereocenters. The van der Waals surface area contributed by atoms with Crippen LogP contribution in [0.3, 0.4) is 0 Å². The number of quaternary nitrogens is 1. The van der Waals surface area contributed by atoms with Gasteiger partial charge in [-0.15, -0.1) is 0 Å². The van der Waals surface area contributed by atoms with Crippen molar-refractivity contribution in [1.29, 1.82) is 0 Å². The van der Waals surface area contributed by atoms with Crippen molar-refractivity contribution < 1.29 is 14.4 Å². The third-order valence-electron chi connectivity index (χ3n) is 3.87. The van der Waals surface area contributed by atoms with Crippen LogP contribution in [0.1, 0.15) is 15.9 Å². The maximum absolute atomic E-state index is 12.2. The van der Waals surface area contributed by atoms with E-state index in [0.29, 0.717) is 5.56 Å². The summed E-state index contributed by atoms with van der Waals surface area (Å²) in [6.45, 7) is 4.71. The number of halogens is 1. The summed E-state index contributed by atoms with van der Waals surface area (Å²) < 4.78 is 5.37. The Kier molecular flexibility index (Phi) is 5.23. The van der Waals surface area contributed by atoms with Crippen molar-refractivity contribution in [2.75, 3.05) is 31.6 Å². The number of ether oxygens (including phenoxy) is 1. The molecule has 1 saturated heterocycles. The molecule has 0 spiro atoms. The molecule has 1 aliphatic rings. The van der Waals surface area contributed by atoms with Crippen molar-refractivity contribution in [2.24, 2.45) is 0 Å². The second-order valence-corrected chi connectivity index (χ2v) is 5.89. The monoisotopic (exact) mass is 332 g/mol. The number of benzene rings is 1. The Morgan fingerprint density at radius 3 is 2.65 bits per heavy atom. The number of anilines is 1. The Labute approximate surface area is 140 Å². The fourth-order valence-electron chi connectivity index (χ4n) is 2.59. The average Bonchev–Trinajstić information content (AvgIpc) is 2.58. The quantitative estimate of drug-likeness (QED) is 0.832. The molecule has 23 heavy (non-hydrogen) atoms. The summed E-state index contributed by atoms with van der Waals surface area (Å²) in [5.74, 6) is -0.255. The molecule has 1 aromatic carbocycles. The first-order chi connectivity index (χ1) is 11.2. The number of rotatable bonds is 4. The molecule has 0 saturated carbocycles. The topological polar surface area (TPSA) is 55.7 Å². The fourth-order valence-corrected chi connectivity index (χ4v) is 2.79. The van der Waals surface area contributed by atoms with Gasteiger partial charge in [0.2, 0.25) is 0 Å². The number of nitrogens with one attached hydrogen (secondary N) is 2. The van der Waals surface area contributed by atoms with E-state index in [2.05, 4.69) is 10.3 Å². The molecule has 3 rings (SSSR count). The Morgan fingerprint density at radius 2 is 1.96 bits per heavy atom. The predicted octanol–water partition coefficient (Wildman–Crippen LogP) is 1.40. The highest BCUT2D eigenvalue weighted by Gasteiger charge is 2.14. The summed E-state index contributed by atoms with van der Waals surface area (Å²) in [4.78, 5) is 17.6. The van der Waals surface area contributed by atoms with E-state index in [1.807, 2.05) is 24.3 Å². The van der Waals surface area contributed by atoms with Gasteiger partial charge in [-0.2, -0.15) is 0 Å². The largest absolute Gasteiger partial charge is 0.370 e. The normalized spacial score (nSPS) is 15.3. The number of pyridine rings is 1. The zero-order valence-electron chi connectivity index (χ0n) is 12.7. The average molecular weight is 333 g/mol. The summed E-state index contributed by atoms with van der Waals surface area (Å²) in [7, 11) is 0. The van der Waals surface area contributed by atoms with Crippen LogP contribution in [-0.2, 0) is 11.3 Å². The third kappa shape index (κ3) is 4.28. The van der Waals surface area contributed by atoms with E-state index < -0.39 is 0 Å². The van der Waals surface area contributed by atoms with E-state index in [1.54, 1.807) is 18.3 Å². The third-order valence-corrected chi connectivity index (χ3v) is 4.17. The zero-order valence-corrected chi connectivity index (χ0v) is 13.5. The van der Waals surface area contributed by atoms with Gasteiger partial charge in [0.25, 0.3) is 5.91 Å². The van der Waals surface area contributed by atoms with Gasteiger partial charge in [-0.1, -0.05) is 23.7 Å². The van der Waals surface area contributed by atoms with Crippen LogP contribution in [0.5, 0.6) is 0 Å². The van der Waals surface area contributed by atoms with Gasteiger partial charge in [-0.25, -0.2) is 4.98 Å². The van der Waals surface area contributed by atoms with Gasteiger partial charge >= 0.3 is 0 Å². The molecule has 6 heteroatoms. The molecule has 1 aromatic heterocycles. The molecule has 2 heterocycles. The van der Waals surface area contributed by atoms with E-state index in [1.165, 1.54) is 10.5 Å². The molecule has 5 nitrogen and oxygen atoms in total. The molecule has 0 bridgehead atoms. The van der Waals surface area contributed by atoms with Gasteiger partial charge in [0.05, 0.1) is 18.8 Å². The maximum Gasteiger partial charge on any atom is 0.258 e. The molecule has 1 fully saturated rings. The second kappa shape index (κ2) is 7.55. The van der Waals surface area contributed by atoms with Crippen molar-refractivity contribution in [2.45, 2.75) is 6.54 Å². The number of aromatic nitrogens is 1. The summed E-state index contributed by atoms with van der Waals surface area (Å²) in [5.41, 5.74) is 2.37. The Bertz CT molecular complexity index is 670. The lowest BCUT2D eigenvalue weighted by Gasteiger charge is -2.23. The van der Waals surface area contributed by atoms with Crippen LogP contribution >= 0.6 is 11.6 Å². The van der Waals surface area contributed by atoms with E-state index in [-0.39, 0.29) is 11.1 Å². The van der Waals surface area contributed by atoms with Crippen LogP contribution < -0.4 is 10.2 Å². The van der Waals surface area contributed by atoms with Gasteiger partial charge in [-0.05, 0) is 24.3 Å². The first kappa shape index (κ1) is 15.9. The molecular formula is C17H19ClN3O2+. The van der Waals surface area contributed by atoms with Crippen LogP contribution in [0, 0.1) is 0 Å². The minimum Gasteiger partial charge on any atom is -0.370 e. The maximum atomic E-state index is 12.2. The fraction of sp³-hybridized carbons (Fsp3) is 0.294. The van der Waals surface area contributed by atoms with Gasteiger partial charge in [-0.3, -0.25) is 4.79 Å². The van der Waals surface area contributed by atoms with Crippen molar-refractivity contribution in [3.63, 3.8) is 0 Å². The highest BCUT2D eigenvalue weighted by atomic mass is 35.5. The highest BCUT2D eigenvalue weighted by molar-refractivity contribution is 6.33. The van der Waals surface area contributed by atoms with E-state index in [9.17, 15) is 4.79 Å². The number of morpholine rings is 1. The first-order valence-corrected chi connectivity index (χ1v) is 8.02. The van der Waals surface area contributed by atoms with Crippen LogP contribution in [-0.4, -0.2) is 37.2 Å². The lowest BCUT2D eigenvalue weighted by atomic mass is 10.2. The molecule has 2 aromatic rings. The van der Waals surface area contributed by atoms with Crippen LogP contribution in [0.15, 0.2) is 42.6 Å². The van der Waals surface area contributed by atoms with E-state index in [4.69, 9.17) is 16.3 Å². The smallest absolute Gasteiger partial charge is 0.258 e. The number of hydrogen-bond donors (Lipinski definition) is 2. The summed E-state index contributed by atoms with van der Waals surface area (Å²) in [6, 6.07) is 11.3. The molecule has 0 aliphatic carbocycles. The zero-order chi connectivity index (χ0) is 16.1. The summed E-state index contributed by atoms with van der Waals surface area (Å²) >= 11 is 5.93. The van der Waals surface area contributed by atoms with Gasteiger partial charge in [0.15, 0.2) is 0 Å². The Morgan fingerprint density at radius 1 is 1.22 bits per heavy atom. The van der Waals surface area contributed by atoms with Gasteiger partial charge in [0.1, 0.15) is 24.8 Å². The Hall–Kier alpha value is -1.95. The van der Waals surface area contributed by atoms with Crippen LogP contribution in [0.2, 0.25) is 5.15 Å². The minimum atomic E-state index is -0.255. The van der Waals surface area contributed by atoms with Crippen LogP contribution in [0.25, 0.3) is 0 Å². The molecule has 1 amide bonds. The number of carbonyl (C=O) groups excluding carboxylic acids is 1. The van der Waals surface area contributed by atoms with Crippen molar-refractivity contribution in [3.05, 3.63) is 58.9 Å². The van der Waals surface area contributed by atoms with Crippen molar-refractivity contribution >= 4 is 23.2 Å². The minimum absolute atomic E-state index is 0.206.